The maximum absolute atomic E-state index is 4.98. The molecule has 3 aromatic heterocycles. The van der Waals surface area contributed by atoms with Crippen LogP contribution in [0.25, 0.3) is 16.9 Å². The molecule has 29 heavy (non-hydrogen) atoms. The molecule has 0 N–H and O–H groups in total. The molecule has 5 rings (SSSR count). The Kier molecular flexibility index (Phi) is 4.01. The Labute approximate surface area is 169 Å². The van der Waals surface area contributed by atoms with Crippen molar-refractivity contribution >= 4 is 11.0 Å². The van der Waals surface area contributed by atoms with Crippen molar-refractivity contribution in [1.82, 2.24) is 34.3 Å². The van der Waals surface area contributed by atoms with Gasteiger partial charge in [0.2, 0.25) is 0 Å². The highest BCUT2D eigenvalue weighted by atomic mass is 15.4. The van der Waals surface area contributed by atoms with Gasteiger partial charge in [-0.15, -0.1) is 5.10 Å². The number of hydrogen-bond donors (Lipinski definition) is 0. The topological polar surface area (TPSA) is 74.3 Å². The van der Waals surface area contributed by atoms with Gasteiger partial charge in [0.05, 0.1) is 16.7 Å². The van der Waals surface area contributed by atoms with Crippen molar-refractivity contribution in [1.29, 1.82) is 0 Å². The quantitative estimate of drug-likeness (QED) is 0.525. The molecule has 3 heterocycles. The van der Waals surface area contributed by atoms with Crippen molar-refractivity contribution in [2.75, 3.05) is 0 Å². The number of fused-ring (bicyclic) bond motifs is 1. The van der Waals surface area contributed by atoms with Crippen LogP contribution in [0.15, 0.2) is 30.3 Å². The minimum atomic E-state index is 0.356. The highest BCUT2D eigenvalue weighted by Crippen LogP contribution is 2.54. The summed E-state index contributed by atoms with van der Waals surface area (Å²) in [5.74, 6) is 5.02. The van der Waals surface area contributed by atoms with Crippen LogP contribution in [0.3, 0.4) is 0 Å². The molecule has 4 aromatic rings. The third-order valence-electron chi connectivity index (χ3n) is 5.58. The second kappa shape index (κ2) is 6.47. The Morgan fingerprint density at radius 2 is 1.72 bits per heavy atom. The van der Waals surface area contributed by atoms with E-state index in [4.69, 9.17) is 9.97 Å². The van der Waals surface area contributed by atoms with Gasteiger partial charge in [-0.1, -0.05) is 12.1 Å². The molecule has 0 amide bonds. The second-order valence-corrected chi connectivity index (χ2v) is 8.19. The van der Waals surface area contributed by atoms with Gasteiger partial charge in [0.25, 0.3) is 0 Å². The van der Waals surface area contributed by atoms with Crippen molar-refractivity contribution in [2.24, 2.45) is 0 Å². The molecular formula is C22H25N7. The molecule has 7 heteroatoms. The van der Waals surface area contributed by atoms with E-state index in [2.05, 4.69) is 63.8 Å². The fourth-order valence-electron chi connectivity index (χ4n) is 4.29. The predicted molar refractivity (Wildman–Crippen MR) is 111 cm³/mol. The third kappa shape index (κ3) is 3.01. The van der Waals surface area contributed by atoms with E-state index in [0.717, 1.165) is 46.7 Å². The van der Waals surface area contributed by atoms with Gasteiger partial charge in [0.15, 0.2) is 5.82 Å². The first-order valence-corrected chi connectivity index (χ1v) is 10.2. The Balaban J connectivity index is 1.53. The number of imidazole rings is 1. The van der Waals surface area contributed by atoms with Crippen LogP contribution >= 0.6 is 0 Å². The largest absolute Gasteiger partial charge is 0.325 e. The lowest BCUT2D eigenvalue weighted by atomic mass is 10.2. The van der Waals surface area contributed by atoms with E-state index < -0.39 is 0 Å². The molecule has 0 unspecified atom stereocenters. The molecule has 148 valence electrons. The van der Waals surface area contributed by atoms with Gasteiger partial charge >= 0.3 is 0 Å². The van der Waals surface area contributed by atoms with E-state index in [1.165, 1.54) is 5.52 Å². The Bertz CT molecular complexity index is 1220. The van der Waals surface area contributed by atoms with Crippen LogP contribution in [0.2, 0.25) is 0 Å². The van der Waals surface area contributed by atoms with Gasteiger partial charge in [-0.05, 0) is 53.2 Å². The monoisotopic (exact) mass is 387 g/mol. The first-order valence-electron chi connectivity index (χ1n) is 10.2. The summed E-state index contributed by atoms with van der Waals surface area (Å²) < 4.78 is 4.17. The number of benzene rings is 1. The van der Waals surface area contributed by atoms with Gasteiger partial charge in [-0.2, -0.15) is 4.68 Å². The third-order valence-corrected chi connectivity index (χ3v) is 5.58. The fraction of sp³-hybridized carbons (Fsp3) is 0.409. The number of rotatable bonds is 4. The van der Waals surface area contributed by atoms with E-state index in [-0.39, 0.29) is 0 Å². The molecule has 7 nitrogen and oxygen atoms in total. The summed E-state index contributed by atoms with van der Waals surface area (Å²) in [4.78, 5) is 18.7. The van der Waals surface area contributed by atoms with E-state index in [0.29, 0.717) is 17.9 Å². The normalized spacial score (nSPS) is 18.7. The van der Waals surface area contributed by atoms with Crippen molar-refractivity contribution in [3.8, 4) is 5.82 Å². The lowest BCUT2D eigenvalue weighted by molar-refractivity contribution is 0.583. The number of nitrogens with zero attached hydrogens (tertiary/aromatic N) is 7. The SMILES string of the molecule is Cc1nc([C@@H]2C[C@H]2c2nc3ccccc3n2C(C)C)cc(-n2nc(C)nc2C)n1. The summed E-state index contributed by atoms with van der Waals surface area (Å²) in [6.45, 7) is 10.2. The molecule has 2 atom stereocenters. The molecular weight excluding hydrogens is 362 g/mol. The van der Waals surface area contributed by atoms with E-state index in [9.17, 15) is 0 Å². The van der Waals surface area contributed by atoms with Crippen molar-refractivity contribution < 1.29 is 0 Å². The second-order valence-electron chi connectivity index (χ2n) is 8.19. The maximum atomic E-state index is 4.98. The smallest absolute Gasteiger partial charge is 0.159 e. The molecule has 0 radical (unpaired) electrons. The van der Waals surface area contributed by atoms with Crippen LogP contribution in [0.1, 0.15) is 67.1 Å². The summed E-state index contributed by atoms with van der Waals surface area (Å²) in [6.07, 6.45) is 1.06. The average Bonchev–Trinajstić information content (AvgIpc) is 3.26. The van der Waals surface area contributed by atoms with E-state index in [1.54, 1.807) is 4.68 Å². The van der Waals surface area contributed by atoms with Gasteiger partial charge < -0.3 is 4.57 Å². The van der Waals surface area contributed by atoms with Gasteiger partial charge in [-0.25, -0.2) is 19.9 Å². The summed E-state index contributed by atoms with van der Waals surface area (Å²) in [5.41, 5.74) is 3.33. The highest BCUT2D eigenvalue weighted by molar-refractivity contribution is 5.76. The number of para-hydroxylation sites is 2. The first kappa shape index (κ1) is 18.0. The predicted octanol–water partition coefficient (Wildman–Crippen LogP) is 4.18. The molecule has 0 bridgehead atoms. The average molecular weight is 387 g/mol. The zero-order chi connectivity index (χ0) is 20.3. The van der Waals surface area contributed by atoms with Crippen molar-refractivity contribution in [3.05, 3.63) is 59.3 Å². The minimum Gasteiger partial charge on any atom is -0.325 e. The number of aryl methyl sites for hydroxylation is 3. The zero-order valence-corrected chi connectivity index (χ0v) is 17.5. The zero-order valence-electron chi connectivity index (χ0n) is 17.5. The van der Waals surface area contributed by atoms with Crippen LogP contribution in [-0.4, -0.2) is 34.3 Å². The molecule has 1 aliphatic carbocycles. The van der Waals surface area contributed by atoms with Gasteiger partial charge in [0, 0.05) is 23.9 Å². The Morgan fingerprint density at radius 3 is 2.45 bits per heavy atom. The summed E-state index contributed by atoms with van der Waals surface area (Å²) in [6, 6.07) is 10.8. The van der Waals surface area contributed by atoms with Crippen molar-refractivity contribution in [2.45, 2.75) is 58.9 Å². The Hall–Kier alpha value is -3.09. The summed E-state index contributed by atoms with van der Waals surface area (Å²) in [7, 11) is 0. The number of aromatic nitrogens is 7. The fourth-order valence-corrected chi connectivity index (χ4v) is 4.29. The van der Waals surface area contributed by atoms with E-state index in [1.807, 2.05) is 20.8 Å². The van der Waals surface area contributed by atoms with Crippen LogP contribution in [-0.2, 0) is 0 Å². The molecule has 1 saturated carbocycles. The summed E-state index contributed by atoms with van der Waals surface area (Å²) >= 11 is 0. The van der Waals surface area contributed by atoms with Crippen LogP contribution in [0, 0.1) is 20.8 Å². The first-order chi connectivity index (χ1) is 13.9. The summed E-state index contributed by atoms with van der Waals surface area (Å²) in [5, 5.41) is 4.48. The van der Waals surface area contributed by atoms with Crippen molar-refractivity contribution in [3.63, 3.8) is 0 Å². The molecule has 1 aliphatic rings. The van der Waals surface area contributed by atoms with Crippen LogP contribution in [0.4, 0.5) is 0 Å². The number of hydrogen-bond acceptors (Lipinski definition) is 5. The van der Waals surface area contributed by atoms with Gasteiger partial charge in [-0.3, -0.25) is 0 Å². The molecule has 1 aromatic carbocycles. The maximum Gasteiger partial charge on any atom is 0.159 e. The van der Waals surface area contributed by atoms with Crippen LogP contribution in [0.5, 0.6) is 0 Å². The Morgan fingerprint density at radius 1 is 0.931 bits per heavy atom. The van der Waals surface area contributed by atoms with E-state index >= 15 is 0 Å². The molecule has 1 fully saturated rings. The lowest BCUT2D eigenvalue weighted by Gasteiger charge is -2.13. The molecule has 0 saturated heterocycles. The lowest BCUT2D eigenvalue weighted by Crippen LogP contribution is -2.08. The van der Waals surface area contributed by atoms with Gasteiger partial charge in [0.1, 0.15) is 23.3 Å². The molecule has 0 spiro atoms. The minimum absolute atomic E-state index is 0.356. The molecule has 0 aliphatic heterocycles. The highest BCUT2D eigenvalue weighted by Gasteiger charge is 2.44. The standard InChI is InChI=1S/C22H25N7/c1-12(2)28-20-9-7-6-8-18(20)26-22(28)17-10-16(17)19-11-21(25-13(3)24-19)29-15(5)23-14(4)27-29/h6-9,11-12,16-17H,10H2,1-5H3/t16-,17-/m1/s1. The van der Waals surface area contributed by atoms with Crippen LogP contribution < -0.4 is 0 Å².